The molecule has 7 aromatic rings. The Balaban J connectivity index is 1.66. The standard InChI is InChI=1S/C32H20N2/c1-2-10-23-20-24(17-16-21(23)8-1)29-27-14-6-19-34-32(27)30(28-15-7-18-33-31(28)29)26-13-5-11-22-9-3-4-12-25(22)26/h1-20H. The van der Waals surface area contributed by atoms with Crippen LogP contribution in [0.25, 0.3) is 65.6 Å². The normalized spacial score (nSPS) is 11.5. The van der Waals surface area contributed by atoms with Gasteiger partial charge >= 0.3 is 0 Å². The minimum absolute atomic E-state index is 1.00. The SMILES string of the molecule is c1ccc2cc(-c3c4cccnc4c(-c4cccc5ccccc45)c4cccnc34)ccc2c1. The molecular formula is C32H20N2. The largest absolute Gasteiger partial charge is 0.256 e. The summed E-state index contributed by atoms with van der Waals surface area (Å²) in [5.74, 6) is 0. The summed E-state index contributed by atoms with van der Waals surface area (Å²) in [5, 5.41) is 7.14. The van der Waals surface area contributed by atoms with E-state index in [-0.39, 0.29) is 0 Å². The predicted octanol–water partition coefficient (Wildman–Crippen LogP) is 8.42. The van der Waals surface area contributed by atoms with Gasteiger partial charge in [-0.15, -0.1) is 0 Å². The van der Waals surface area contributed by atoms with Crippen LogP contribution in [0.15, 0.2) is 122 Å². The van der Waals surface area contributed by atoms with Crippen LogP contribution in [-0.2, 0) is 0 Å². The van der Waals surface area contributed by atoms with Crippen LogP contribution >= 0.6 is 0 Å². The fourth-order valence-corrected chi connectivity index (χ4v) is 5.22. The Bertz CT molecular complexity index is 1810. The number of pyridine rings is 2. The maximum absolute atomic E-state index is 4.94. The van der Waals surface area contributed by atoms with Crippen LogP contribution in [0, 0.1) is 0 Å². The molecule has 2 heterocycles. The van der Waals surface area contributed by atoms with Crippen molar-refractivity contribution in [2.45, 2.75) is 0 Å². The van der Waals surface area contributed by atoms with Gasteiger partial charge in [-0.3, -0.25) is 9.97 Å². The summed E-state index contributed by atoms with van der Waals surface area (Å²) in [5.41, 5.74) is 6.62. The van der Waals surface area contributed by atoms with Gasteiger partial charge in [-0.25, -0.2) is 0 Å². The summed E-state index contributed by atoms with van der Waals surface area (Å²) in [6.45, 7) is 0. The Morgan fingerprint density at radius 2 is 1.03 bits per heavy atom. The Morgan fingerprint density at radius 1 is 0.412 bits per heavy atom. The monoisotopic (exact) mass is 432 g/mol. The van der Waals surface area contributed by atoms with Gasteiger partial charge in [0.05, 0.1) is 11.0 Å². The van der Waals surface area contributed by atoms with Gasteiger partial charge in [-0.1, -0.05) is 91.0 Å². The molecule has 0 aliphatic rings. The Morgan fingerprint density at radius 3 is 1.85 bits per heavy atom. The first-order valence-electron chi connectivity index (χ1n) is 11.5. The predicted molar refractivity (Wildman–Crippen MR) is 143 cm³/mol. The first kappa shape index (κ1) is 19.0. The minimum Gasteiger partial charge on any atom is -0.256 e. The number of benzene rings is 5. The summed E-state index contributed by atoms with van der Waals surface area (Å²) in [6, 6.07) is 38.6. The van der Waals surface area contributed by atoms with Gasteiger partial charge in [0.15, 0.2) is 0 Å². The lowest BCUT2D eigenvalue weighted by atomic mass is 9.88. The number of hydrogen-bond acceptors (Lipinski definition) is 2. The smallest absolute Gasteiger partial charge is 0.0794 e. The zero-order valence-corrected chi connectivity index (χ0v) is 18.4. The summed E-state index contributed by atoms with van der Waals surface area (Å²) >= 11 is 0. The summed E-state index contributed by atoms with van der Waals surface area (Å²) in [4.78, 5) is 9.86. The molecule has 0 N–H and O–H groups in total. The number of rotatable bonds is 2. The summed E-state index contributed by atoms with van der Waals surface area (Å²) in [7, 11) is 0. The maximum Gasteiger partial charge on any atom is 0.0794 e. The van der Waals surface area contributed by atoms with Crippen molar-refractivity contribution in [1.82, 2.24) is 9.97 Å². The van der Waals surface area contributed by atoms with E-state index in [2.05, 4.69) is 97.1 Å². The van der Waals surface area contributed by atoms with Gasteiger partial charge in [-0.2, -0.15) is 0 Å². The molecule has 0 atom stereocenters. The van der Waals surface area contributed by atoms with E-state index in [0.717, 1.165) is 38.5 Å². The van der Waals surface area contributed by atoms with Crippen LogP contribution in [-0.4, -0.2) is 9.97 Å². The van der Waals surface area contributed by atoms with Gasteiger partial charge in [0.2, 0.25) is 0 Å². The molecule has 0 fully saturated rings. The van der Waals surface area contributed by atoms with Gasteiger partial charge < -0.3 is 0 Å². The molecule has 2 nitrogen and oxygen atoms in total. The lowest BCUT2D eigenvalue weighted by Gasteiger charge is -2.17. The molecule has 0 bridgehead atoms. The molecule has 0 aliphatic carbocycles. The summed E-state index contributed by atoms with van der Waals surface area (Å²) < 4.78 is 0. The average Bonchev–Trinajstić information content (AvgIpc) is 2.91. The lowest BCUT2D eigenvalue weighted by Crippen LogP contribution is -1.94. The Hall–Kier alpha value is -4.56. The molecule has 0 saturated carbocycles. The van der Waals surface area contributed by atoms with Crippen molar-refractivity contribution >= 4 is 43.4 Å². The average molecular weight is 433 g/mol. The van der Waals surface area contributed by atoms with Gasteiger partial charge in [-0.05, 0) is 50.9 Å². The highest BCUT2D eigenvalue weighted by atomic mass is 14.7. The molecule has 0 unspecified atom stereocenters. The molecule has 0 aliphatic heterocycles. The van der Waals surface area contributed by atoms with E-state index in [9.17, 15) is 0 Å². The quantitative estimate of drug-likeness (QED) is 0.256. The fourth-order valence-electron chi connectivity index (χ4n) is 5.22. The molecule has 0 spiro atoms. The highest BCUT2D eigenvalue weighted by Crippen LogP contribution is 2.44. The van der Waals surface area contributed by atoms with Crippen LogP contribution in [0.2, 0.25) is 0 Å². The zero-order chi connectivity index (χ0) is 22.5. The molecule has 2 heteroatoms. The topological polar surface area (TPSA) is 25.8 Å². The van der Waals surface area contributed by atoms with Crippen molar-refractivity contribution in [3.63, 3.8) is 0 Å². The van der Waals surface area contributed by atoms with Gasteiger partial charge in [0.1, 0.15) is 0 Å². The van der Waals surface area contributed by atoms with E-state index >= 15 is 0 Å². The zero-order valence-electron chi connectivity index (χ0n) is 18.4. The molecule has 0 saturated heterocycles. The number of hydrogen-bond donors (Lipinski definition) is 0. The molecule has 5 aromatic carbocycles. The van der Waals surface area contributed by atoms with Crippen molar-refractivity contribution < 1.29 is 0 Å². The van der Waals surface area contributed by atoms with Crippen LogP contribution in [0.3, 0.4) is 0 Å². The molecule has 158 valence electrons. The van der Waals surface area contributed by atoms with E-state index in [1.54, 1.807) is 0 Å². The van der Waals surface area contributed by atoms with E-state index in [4.69, 9.17) is 9.97 Å². The van der Waals surface area contributed by atoms with Crippen LogP contribution in [0.5, 0.6) is 0 Å². The third-order valence-electron chi connectivity index (χ3n) is 6.72. The maximum atomic E-state index is 4.94. The number of nitrogens with zero attached hydrogens (tertiary/aromatic N) is 2. The van der Waals surface area contributed by atoms with Gasteiger partial charge in [0, 0.05) is 34.3 Å². The third kappa shape index (κ3) is 2.82. The number of aromatic nitrogens is 2. The fraction of sp³-hybridized carbons (Fsp3) is 0. The number of fused-ring (bicyclic) bond motifs is 4. The van der Waals surface area contributed by atoms with Crippen molar-refractivity contribution in [1.29, 1.82) is 0 Å². The third-order valence-corrected chi connectivity index (χ3v) is 6.72. The highest BCUT2D eigenvalue weighted by Gasteiger charge is 2.19. The molecular weight excluding hydrogens is 412 g/mol. The van der Waals surface area contributed by atoms with E-state index in [0.29, 0.717) is 0 Å². The van der Waals surface area contributed by atoms with Crippen LogP contribution in [0.1, 0.15) is 0 Å². The van der Waals surface area contributed by atoms with Crippen LogP contribution in [0.4, 0.5) is 0 Å². The van der Waals surface area contributed by atoms with E-state index in [1.165, 1.54) is 27.1 Å². The molecule has 7 rings (SSSR count). The first-order valence-corrected chi connectivity index (χ1v) is 11.5. The van der Waals surface area contributed by atoms with Crippen LogP contribution < -0.4 is 0 Å². The lowest BCUT2D eigenvalue weighted by molar-refractivity contribution is 1.39. The first-order chi connectivity index (χ1) is 16.9. The second-order valence-corrected chi connectivity index (χ2v) is 8.64. The highest BCUT2D eigenvalue weighted by molar-refractivity contribution is 6.21. The second kappa shape index (κ2) is 7.50. The minimum atomic E-state index is 1.00. The Kier molecular flexibility index (Phi) is 4.18. The van der Waals surface area contributed by atoms with Gasteiger partial charge in [0.25, 0.3) is 0 Å². The summed E-state index contributed by atoms with van der Waals surface area (Å²) in [6.07, 6.45) is 3.78. The Labute approximate surface area is 197 Å². The van der Waals surface area contributed by atoms with Crippen molar-refractivity contribution in [2.24, 2.45) is 0 Å². The van der Waals surface area contributed by atoms with E-state index in [1.807, 2.05) is 24.5 Å². The van der Waals surface area contributed by atoms with Crippen molar-refractivity contribution in [3.8, 4) is 22.3 Å². The molecule has 0 radical (unpaired) electrons. The van der Waals surface area contributed by atoms with Crippen molar-refractivity contribution in [2.75, 3.05) is 0 Å². The molecule has 34 heavy (non-hydrogen) atoms. The molecule has 2 aromatic heterocycles. The molecule has 0 amide bonds. The van der Waals surface area contributed by atoms with E-state index < -0.39 is 0 Å². The second-order valence-electron chi connectivity index (χ2n) is 8.64. The van der Waals surface area contributed by atoms with Crippen molar-refractivity contribution in [3.05, 3.63) is 122 Å².